The summed E-state index contributed by atoms with van der Waals surface area (Å²) < 4.78 is 24.4. The maximum absolute atomic E-state index is 12.2. The summed E-state index contributed by atoms with van der Waals surface area (Å²) in [4.78, 5) is 16.4. The van der Waals surface area contributed by atoms with Crippen LogP contribution < -0.4 is 0 Å². The Balaban J connectivity index is 2.15. The zero-order valence-corrected chi connectivity index (χ0v) is 7.99. The molecule has 0 fully saturated rings. The second-order valence-corrected chi connectivity index (χ2v) is 3.42. The number of pyridine rings is 1. The van der Waals surface area contributed by atoms with Crippen LogP contribution in [0.1, 0.15) is 11.3 Å². The molecule has 1 amide bonds. The van der Waals surface area contributed by atoms with Crippen molar-refractivity contribution in [3.05, 3.63) is 29.6 Å². The monoisotopic (exact) mass is 212 g/mol. The Bertz CT molecular complexity index is 381. The van der Waals surface area contributed by atoms with E-state index in [-0.39, 0.29) is 6.54 Å². The van der Waals surface area contributed by atoms with Gasteiger partial charge < -0.3 is 4.90 Å². The molecule has 15 heavy (non-hydrogen) atoms. The molecular weight excluding hydrogens is 202 g/mol. The Kier molecular flexibility index (Phi) is 2.62. The molecule has 0 spiro atoms. The molecule has 0 N–H and O–H groups in total. The van der Waals surface area contributed by atoms with Crippen LogP contribution in [0.4, 0.5) is 8.78 Å². The van der Waals surface area contributed by atoms with Crippen LogP contribution in [0.5, 0.6) is 0 Å². The van der Waals surface area contributed by atoms with Gasteiger partial charge in [0.05, 0.1) is 0 Å². The van der Waals surface area contributed by atoms with Gasteiger partial charge in [0.15, 0.2) is 0 Å². The van der Waals surface area contributed by atoms with Gasteiger partial charge in [-0.2, -0.15) is 8.78 Å². The molecule has 0 aliphatic carbocycles. The highest BCUT2D eigenvalue weighted by Crippen LogP contribution is 2.17. The zero-order chi connectivity index (χ0) is 10.8. The fraction of sp³-hybridized carbons (Fsp3) is 0.400. The molecule has 5 heteroatoms. The molecule has 2 rings (SSSR count). The van der Waals surface area contributed by atoms with Crippen LogP contribution in [0.2, 0.25) is 0 Å². The van der Waals surface area contributed by atoms with E-state index in [1.54, 1.807) is 12.3 Å². The van der Waals surface area contributed by atoms with Gasteiger partial charge in [0, 0.05) is 31.4 Å². The van der Waals surface area contributed by atoms with Gasteiger partial charge in [-0.1, -0.05) is 6.07 Å². The first-order chi connectivity index (χ1) is 7.18. The molecule has 0 bridgehead atoms. The minimum atomic E-state index is -2.91. The summed E-state index contributed by atoms with van der Waals surface area (Å²) in [5, 5.41) is 0. The van der Waals surface area contributed by atoms with Crippen molar-refractivity contribution in [1.82, 2.24) is 9.88 Å². The van der Waals surface area contributed by atoms with E-state index in [9.17, 15) is 13.6 Å². The Morgan fingerprint density at radius 3 is 3.07 bits per heavy atom. The molecule has 0 radical (unpaired) electrons. The largest absolute Gasteiger partial charge is 0.333 e. The lowest BCUT2D eigenvalue weighted by molar-refractivity contribution is -0.143. The van der Waals surface area contributed by atoms with Gasteiger partial charge in [0.25, 0.3) is 5.91 Å². The average Bonchev–Trinajstić information content (AvgIpc) is 2.27. The number of nitrogens with zero attached hydrogens (tertiary/aromatic N) is 2. The number of hydrogen-bond acceptors (Lipinski definition) is 2. The first kappa shape index (κ1) is 10.0. The van der Waals surface area contributed by atoms with Crippen LogP contribution in [-0.4, -0.2) is 28.8 Å². The van der Waals surface area contributed by atoms with Crippen molar-refractivity contribution in [3.8, 4) is 0 Å². The molecule has 2 heterocycles. The number of carbonyl (C=O) groups is 1. The molecule has 0 atom stereocenters. The number of amides is 1. The maximum Gasteiger partial charge on any atom is 0.315 e. The van der Waals surface area contributed by atoms with Crippen molar-refractivity contribution < 1.29 is 13.6 Å². The topological polar surface area (TPSA) is 33.2 Å². The Morgan fingerprint density at radius 1 is 1.53 bits per heavy atom. The van der Waals surface area contributed by atoms with E-state index in [1.165, 1.54) is 4.90 Å². The highest BCUT2D eigenvalue weighted by molar-refractivity contribution is 5.79. The lowest BCUT2D eigenvalue weighted by atomic mass is 10.1. The lowest BCUT2D eigenvalue weighted by Gasteiger charge is -2.27. The average molecular weight is 212 g/mol. The van der Waals surface area contributed by atoms with Crippen molar-refractivity contribution >= 4 is 5.91 Å². The van der Waals surface area contributed by atoms with Crippen molar-refractivity contribution in [2.24, 2.45) is 0 Å². The van der Waals surface area contributed by atoms with Crippen molar-refractivity contribution in [1.29, 1.82) is 0 Å². The summed E-state index contributed by atoms with van der Waals surface area (Å²) >= 11 is 0. The van der Waals surface area contributed by atoms with Gasteiger partial charge in [-0.25, -0.2) is 0 Å². The van der Waals surface area contributed by atoms with Crippen molar-refractivity contribution in [2.75, 3.05) is 6.54 Å². The number of fused-ring (bicyclic) bond motifs is 1. The van der Waals surface area contributed by atoms with E-state index < -0.39 is 12.3 Å². The number of carbonyl (C=O) groups excluding carboxylic acids is 1. The minimum Gasteiger partial charge on any atom is -0.333 e. The summed E-state index contributed by atoms with van der Waals surface area (Å²) in [5.41, 5.74) is 1.76. The lowest BCUT2D eigenvalue weighted by Crippen LogP contribution is -2.39. The highest BCUT2D eigenvalue weighted by Gasteiger charge is 2.26. The summed E-state index contributed by atoms with van der Waals surface area (Å²) in [6, 6.07) is 3.56. The SMILES string of the molecule is O=C(C(F)F)N1CCc2ncccc2C1. The van der Waals surface area contributed by atoms with Crippen LogP contribution in [-0.2, 0) is 17.8 Å². The summed E-state index contributed by atoms with van der Waals surface area (Å²) in [7, 11) is 0. The normalized spacial score (nSPS) is 15.3. The summed E-state index contributed by atoms with van der Waals surface area (Å²) in [6.07, 6.45) is -0.693. The van der Waals surface area contributed by atoms with E-state index in [4.69, 9.17) is 0 Å². The first-order valence-electron chi connectivity index (χ1n) is 4.68. The molecule has 1 aliphatic rings. The Hall–Kier alpha value is -1.52. The molecule has 0 aromatic carbocycles. The summed E-state index contributed by atoms with van der Waals surface area (Å²) in [6.45, 7) is 0.569. The number of hydrogen-bond donors (Lipinski definition) is 0. The van der Waals surface area contributed by atoms with Crippen LogP contribution >= 0.6 is 0 Å². The van der Waals surface area contributed by atoms with Gasteiger partial charge in [-0.15, -0.1) is 0 Å². The Morgan fingerprint density at radius 2 is 2.33 bits per heavy atom. The van der Waals surface area contributed by atoms with E-state index in [0.29, 0.717) is 13.0 Å². The second-order valence-electron chi connectivity index (χ2n) is 3.42. The highest BCUT2D eigenvalue weighted by atomic mass is 19.3. The van der Waals surface area contributed by atoms with Crippen LogP contribution in [0, 0.1) is 0 Å². The molecule has 1 aromatic heterocycles. The number of aromatic nitrogens is 1. The molecule has 80 valence electrons. The first-order valence-corrected chi connectivity index (χ1v) is 4.68. The van der Waals surface area contributed by atoms with E-state index in [1.807, 2.05) is 6.07 Å². The van der Waals surface area contributed by atoms with Gasteiger partial charge in [0.1, 0.15) is 0 Å². The fourth-order valence-corrected chi connectivity index (χ4v) is 1.69. The number of halogens is 2. The van der Waals surface area contributed by atoms with Crippen molar-refractivity contribution in [3.63, 3.8) is 0 Å². The van der Waals surface area contributed by atoms with Crippen LogP contribution in [0.3, 0.4) is 0 Å². The molecule has 0 saturated carbocycles. The fourth-order valence-electron chi connectivity index (χ4n) is 1.69. The predicted molar refractivity (Wildman–Crippen MR) is 49.4 cm³/mol. The molecule has 3 nitrogen and oxygen atoms in total. The third kappa shape index (κ3) is 1.95. The van der Waals surface area contributed by atoms with E-state index in [0.717, 1.165) is 11.3 Å². The van der Waals surface area contributed by atoms with Crippen LogP contribution in [0.15, 0.2) is 18.3 Å². The van der Waals surface area contributed by atoms with Crippen molar-refractivity contribution in [2.45, 2.75) is 19.4 Å². The van der Waals surface area contributed by atoms with Gasteiger partial charge in [0.2, 0.25) is 0 Å². The van der Waals surface area contributed by atoms with Gasteiger partial charge in [-0.3, -0.25) is 9.78 Å². The molecule has 0 unspecified atom stereocenters. The zero-order valence-electron chi connectivity index (χ0n) is 7.99. The molecule has 1 aromatic rings. The summed E-state index contributed by atoms with van der Waals surface area (Å²) in [5.74, 6) is -1.09. The standard InChI is InChI=1S/C10H10F2N2O/c11-9(12)10(15)14-5-3-8-7(6-14)2-1-4-13-8/h1-2,4,9H,3,5-6H2. The van der Waals surface area contributed by atoms with Gasteiger partial charge in [-0.05, 0) is 11.6 Å². The predicted octanol–water partition coefficient (Wildman–Crippen LogP) is 1.23. The van der Waals surface area contributed by atoms with E-state index in [2.05, 4.69) is 4.98 Å². The quantitative estimate of drug-likeness (QED) is 0.701. The maximum atomic E-state index is 12.2. The third-order valence-corrected chi connectivity index (χ3v) is 2.46. The minimum absolute atomic E-state index is 0.242. The molecule has 0 saturated heterocycles. The third-order valence-electron chi connectivity index (χ3n) is 2.46. The van der Waals surface area contributed by atoms with Gasteiger partial charge >= 0.3 is 6.43 Å². The second kappa shape index (κ2) is 3.92. The number of rotatable bonds is 1. The molecule has 1 aliphatic heterocycles. The smallest absolute Gasteiger partial charge is 0.315 e. The number of alkyl halides is 2. The van der Waals surface area contributed by atoms with E-state index >= 15 is 0 Å². The Labute approximate surface area is 85.7 Å². The molecular formula is C10H10F2N2O. The van der Waals surface area contributed by atoms with Crippen LogP contribution in [0.25, 0.3) is 0 Å².